The lowest BCUT2D eigenvalue weighted by atomic mass is 10.1. The second-order valence-electron chi connectivity index (χ2n) is 6.13. The maximum Gasteiger partial charge on any atom is 0.257 e. The van der Waals surface area contributed by atoms with Gasteiger partial charge in [0.25, 0.3) is 5.91 Å². The Morgan fingerprint density at radius 2 is 1.95 bits per heavy atom. The van der Waals surface area contributed by atoms with E-state index in [4.69, 9.17) is 4.74 Å². The van der Waals surface area contributed by atoms with Crippen LogP contribution in [-0.2, 0) is 11.3 Å². The molecule has 0 aliphatic carbocycles. The molecule has 0 saturated heterocycles. The quantitative estimate of drug-likeness (QED) is 0.774. The molecule has 1 amide bonds. The summed E-state index contributed by atoms with van der Waals surface area (Å²) in [5.41, 5.74) is 2.27. The first kappa shape index (κ1) is 17.5. The predicted molar refractivity (Wildman–Crippen MR) is 86.5 cm³/mol. The molecule has 1 rings (SSSR count). The molecule has 0 unspecified atom stereocenters. The molecular formula is C17H28N2O2. The summed E-state index contributed by atoms with van der Waals surface area (Å²) in [7, 11) is 0. The number of amides is 1. The highest BCUT2D eigenvalue weighted by Crippen LogP contribution is 2.20. The topological polar surface area (TPSA) is 50.4 Å². The second kappa shape index (κ2) is 8.67. The number of hydrogen-bond donors (Lipinski definition) is 2. The lowest BCUT2D eigenvalue weighted by Gasteiger charge is -2.15. The average Bonchev–Trinajstić information content (AvgIpc) is 2.41. The van der Waals surface area contributed by atoms with E-state index in [0.717, 1.165) is 17.9 Å². The fourth-order valence-electron chi connectivity index (χ4n) is 1.81. The molecule has 0 heterocycles. The number of carbonyl (C=O) groups excluding carboxylic acids is 1. The van der Waals surface area contributed by atoms with Gasteiger partial charge >= 0.3 is 0 Å². The van der Waals surface area contributed by atoms with Crippen LogP contribution in [0.5, 0.6) is 5.75 Å². The predicted octanol–water partition coefficient (Wildman–Crippen LogP) is 2.64. The minimum Gasteiger partial charge on any atom is -0.483 e. The number of nitrogens with one attached hydrogen (secondary N) is 2. The lowest BCUT2D eigenvalue weighted by molar-refractivity contribution is -0.123. The van der Waals surface area contributed by atoms with Gasteiger partial charge in [-0.1, -0.05) is 45.4 Å². The van der Waals surface area contributed by atoms with Crippen molar-refractivity contribution in [1.29, 1.82) is 0 Å². The Morgan fingerprint density at radius 3 is 2.57 bits per heavy atom. The van der Waals surface area contributed by atoms with Crippen molar-refractivity contribution in [3.05, 3.63) is 29.3 Å². The van der Waals surface area contributed by atoms with Gasteiger partial charge in [-0.2, -0.15) is 0 Å². The maximum absolute atomic E-state index is 11.7. The summed E-state index contributed by atoms with van der Waals surface area (Å²) in [5.74, 6) is 1.14. The Kier molecular flexibility index (Phi) is 7.23. The summed E-state index contributed by atoms with van der Waals surface area (Å²) in [6.45, 7) is 11.9. The van der Waals surface area contributed by atoms with Crippen LogP contribution in [0.2, 0.25) is 0 Å². The Hall–Kier alpha value is -1.55. The maximum atomic E-state index is 11.7. The molecule has 0 bridgehead atoms. The Labute approximate surface area is 128 Å². The molecule has 0 atom stereocenters. The van der Waals surface area contributed by atoms with Crippen LogP contribution in [0.15, 0.2) is 18.2 Å². The molecule has 0 aliphatic heterocycles. The van der Waals surface area contributed by atoms with E-state index >= 15 is 0 Å². The van der Waals surface area contributed by atoms with Gasteiger partial charge in [0.05, 0.1) is 0 Å². The number of benzene rings is 1. The van der Waals surface area contributed by atoms with Crippen molar-refractivity contribution in [3.63, 3.8) is 0 Å². The third-order valence-corrected chi connectivity index (χ3v) is 2.98. The number of ether oxygens (including phenoxy) is 1. The van der Waals surface area contributed by atoms with Gasteiger partial charge in [-0.25, -0.2) is 0 Å². The average molecular weight is 292 g/mol. The van der Waals surface area contributed by atoms with Gasteiger partial charge in [0.1, 0.15) is 5.75 Å². The van der Waals surface area contributed by atoms with Gasteiger partial charge in [0, 0.05) is 24.7 Å². The van der Waals surface area contributed by atoms with Gasteiger partial charge in [0.15, 0.2) is 6.61 Å². The van der Waals surface area contributed by atoms with Crippen LogP contribution >= 0.6 is 0 Å². The first-order valence-electron chi connectivity index (χ1n) is 7.61. The second-order valence-corrected chi connectivity index (χ2v) is 6.13. The molecule has 4 nitrogen and oxygen atoms in total. The first-order valence-corrected chi connectivity index (χ1v) is 7.61. The van der Waals surface area contributed by atoms with Crippen LogP contribution in [0.25, 0.3) is 0 Å². The largest absolute Gasteiger partial charge is 0.483 e. The summed E-state index contributed by atoms with van der Waals surface area (Å²) < 4.78 is 5.67. The molecule has 0 saturated carbocycles. The molecule has 0 radical (unpaired) electrons. The summed E-state index contributed by atoms with van der Waals surface area (Å²) in [6, 6.07) is 6.44. The van der Waals surface area contributed by atoms with Gasteiger partial charge in [-0.05, 0) is 18.9 Å². The van der Waals surface area contributed by atoms with E-state index in [0.29, 0.717) is 18.5 Å². The summed E-state index contributed by atoms with van der Waals surface area (Å²) in [6.07, 6.45) is 0. The van der Waals surface area contributed by atoms with Gasteiger partial charge in [0.2, 0.25) is 0 Å². The number of hydrogen-bond acceptors (Lipinski definition) is 3. The van der Waals surface area contributed by atoms with E-state index in [2.05, 4.69) is 51.3 Å². The minimum atomic E-state index is -0.0768. The lowest BCUT2D eigenvalue weighted by Crippen LogP contribution is -2.32. The third-order valence-electron chi connectivity index (χ3n) is 2.98. The standard InChI is InChI=1S/C17H28N2O2/c1-12(2)9-19-17(20)11-21-16-7-6-14(5)8-15(16)10-18-13(3)4/h6-8,12-13,18H,9-11H2,1-5H3,(H,19,20). The van der Waals surface area contributed by atoms with Crippen molar-refractivity contribution in [2.45, 2.75) is 47.2 Å². The SMILES string of the molecule is Cc1ccc(OCC(=O)NCC(C)C)c(CNC(C)C)c1. The fraction of sp³-hybridized carbons (Fsp3) is 0.588. The van der Waals surface area contributed by atoms with E-state index in [1.165, 1.54) is 5.56 Å². The summed E-state index contributed by atoms with van der Waals surface area (Å²) in [5, 5.41) is 6.23. The molecule has 1 aromatic carbocycles. The number of carbonyl (C=O) groups is 1. The van der Waals surface area contributed by atoms with Crippen molar-refractivity contribution < 1.29 is 9.53 Å². The molecule has 1 aromatic rings. The van der Waals surface area contributed by atoms with Gasteiger partial charge in [-0.15, -0.1) is 0 Å². The molecule has 0 spiro atoms. The van der Waals surface area contributed by atoms with Crippen molar-refractivity contribution >= 4 is 5.91 Å². The van der Waals surface area contributed by atoms with Gasteiger partial charge in [-0.3, -0.25) is 4.79 Å². The molecule has 118 valence electrons. The fourth-order valence-corrected chi connectivity index (χ4v) is 1.81. The van der Waals surface area contributed by atoms with Crippen LogP contribution in [0.4, 0.5) is 0 Å². The van der Waals surface area contributed by atoms with Crippen molar-refractivity contribution in [3.8, 4) is 5.75 Å². The monoisotopic (exact) mass is 292 g/mol. The Balaban J connectivity index is 2.59. The van der Waals surface area contributed by atoms with Crippen LogP contribution in [0.1, 0.15) is 38.8 Å². The highest BCUT2D eigenvalue weighted by molar-refractivity contribution is 5.77. The molecule has 0 aromatic heterocycles. The highest BCUT2D eigenvalue weighted by atomic mass is 16.5. The number of aryl methyl sites for hydroxylation is 1. The first-order chi connectivity index (χ1) is 9.88. The third kappa shape index (κ3) is 7.14. The molecule has 2 N–H and O–H groups in total. The van der Waals surface area contributed by atoms with E-state index in [-0.39, 0.29) is 12.5 Å². The van der Waals surface area contributed by atoms with Crippen LogP contribution in [0.3, 0.4) is 0 Å². The smallest absolute Gasteiger partial charge is 0.257 e. The molecule has 0 aliphatic rings. The van der Waals surface area contributed by atoms with Crippen molar-refractivity contribution in [1.82, 2.24) is 10.6 Å². The van der Waals surface area contributed by atoms with Crippen LogP contribution < -0.4 is 15.4 Å². The van der Waals surface area contributed by atoms with Crippen molar-refractivity contribution in [2.24, 2.45) is 5.92 Å². The summed E-state index contributed by atoms with van der Waals surface area (Å²) >= 11 is 0. The molecule has 21 heavy (non-hydrogen) atoms. The Bertz CT molecular complexity index is 456. The molecule has 0 fully saturated rings. The van der Waals surface area contributed by atoms with Crippen molar-refractivity contribution in [2.75, 3.05) is 13.2 Å². The highest BCUT2D eigenvalue weighted by Gasteiger charge is 2.08. The number of rotatable bonds is 8. The zero-order valence-electron chi connectivity index (χ0n) is 13.8. The minimum absolute atomic E-state index is 0.0600. The molecular weight excluding hydrogens is 264 g/mol. The van der Waals surface area contributed by atoms with E-state index in [1.807, 2.05) is 12.1 Å². The normalized spacial score (nSPS) is 11.0. The van der Waals surface area contributed by atoms with Crippen LogP contribution in [0, 0.1) is 12.8 Å². The van der Waals surface area contributed by atoms with E-state index in [1.54, 1.807) is 0 Å². The van der Waals surface area contributed by atoms with Crippen LogP contribution in [-0.4, -0.2) is 25.1 Å². The summed E-state index contributed by atoms with van der Waals surface area (Å²) in [4.78, 5) is 11.7. The zero-order valence-corrected chi connectivity index (χ0v) is 13.8. The zero-order chi connectivity index (χ0) is 15.8. The van der Waals surface area contributed by atoms with Gasteiger partial charge < -0.3 is 15.4 Å². The molecule has 4 heteroatoms. The van der Waals surface area contributed by atoms with E-state index < -0.39 is 0 Å². The Morgan fingerprint density at radius 1 is 1.24 bits per heavy atom. The van der Waals surface area contributed by atoms with E-state index in [9.17, 15) is 4.79 Å².